The highest BCUT2D eigenvalue weighted by molar-refractivity contribution is 6.31. The average Bonchev–Trinajstić information content (AvgIpc) is 2.31. The van der Waals surface area contributed by atoms with Gasteiger partial charge in [0.15, 0.2) is 0 Å². The smallest absolute Gasteiger partial charge is 0.322 e. The fourth-order valence-corrected chi connectivity index (χ4v) is 1.71. The van der Waals surface area contributed by atoms with Crippen LogP contribution in [0.1, 0.15) is 5.56 Å². The number of hydrogen-bond acceptors (Lipinski definition) is 1. The summed E-state index contributed by atoms with van der Waals surface area (Å²) < 4.78 is 50.7. The van der Waals surface area contributed by atoms with Gasteiger partial charge >= 0.3 is 6.18 Å². The molecule has 0 bridgehead atoms. The monoisotopic (exact) mass is 291 g/mol. The van der Waals surface area contributed by atoms with E-state index in [1.807, 2.05) is 0 Å². The Morgan fingerprint density at radius 2 is 1.79 bits per heavy atom. The predicted octanol–water partition coefficient (Wildman–Crippen LogP) is 3.85. The van der Waals surface area contributed by atoms with Crippen molar-refractivity contribution in [2.75, 3.05) is 0 Å². The summed E-state index contributed by atoms with van der Waals surface area (Å²) in [7, 11) is 0. The number of aromatic nitrogens is 1. The Morgan fingerprint density at radius 3 is 2.37 bits per heavy atom. The number of hydrogen-bond donors (Lipinski definition) is 1. The molecule has 0 aliphatic rings. The standard InChI is InChI=1S/C12H6ClF4NO/c13-8-3-6(1-2-9(8)14)10-4-7(12(15,16)17)5-11(19)18-10/h1-5H,(H,18,19). The van der Waals surface area contributed by atoms with Gasteiger partial charge in [-0.3, -0.25) is 4.79 Å². The van der Waals surface area contributed by atoms with E-state index in [1.54, 1.807) is 0 Å². The normalized spacial score (nSPS) is 11.6. The molecule has 1 aromatic heterocycles. The van der Waals surface area contributed by atoms with Gasteiger partial charge in [0.2, 0.25) is 5.56 Å². The maximum atomic E-state index is 13.0. The molecular formula is C12H6ClF4NO. The second-order valence-corrected chi connectivity index (χ2v) is 4.18. The summed E-state index contributed by atoms with van der Waals surface area (Å²) in [6.07, 6.45) is -4.63. The van der Waals surface area contributed by atoms with Gasteiger partial charge in [-0.05, 0) is 29.8 Å². The maximum Gasteiger partial charge on any atom is 0.416 e. The third-order valence-corrected chi connectivity index (χ3v) is 2.69. The Bertz CT molecular complexity index is 678. The van der Waals surface area contributed by atoms with Gasteiger partial charge in [-0.1, -0.05) is 11.6 Å². The second-order valence-electron chi connectivity index (χ2n) is 3.77. The number of alkyl halides is 3. The zero-order chi connectivity index (χ0) is 14.2. The van der Waals surface area contributed by atoms with Crippen molar-refractivity contribution < 1.29 is 17.6 Å². The van der Waals surface area contributed by atoms with Crippen molar-refractivity contribution in [3.63, 3.8) is 0 Å². The number of nitrogens with one attached hydrogen (secondary N) is 1. The molecule has 0 aliphatic heterocycles. The molecule has 1 N–H and O–H groups in total. The molecule has 0 aliphatic carbocycles. The Kier molecular flexibility index (Phi) is 3.36. The number of pyridine rings is 1. The summed E-state index contributed by atoms with van der Waals surface area (Å²) in [5.41, 5.74) is -1.87. The Hall–Kier alpha value is -1.82. The van der Waals surface area contributed by atoms with Gasteiger partial charge in [0.05, 0.1) is 10.6 Å². The molecule has 0 radical (unpaired) electrons. The minimum atomic E-state index is -4.63. The molecule has 2 aromatic rings. The van der Waals surface area contributed by atoms with Crippen molar-refractivity contribution in [3.05, 3.63) is 57.1 Å². The van der Waals surface area contributed by atoms with E-state index in [9.17, 15) is 22.4 Å². The van der Waals surface area contributed by atoms with Crippen LogP contribution in [0.3, 0.4) is 0 Å². The van der Waals surface area contributed by atoms with Gasteiger partial charge in [0.25, 0.3) is 0 Å². The molecule has 2 rings (SSSR count). The summed E-state index contributed by atoms with van der Waals surface area (Å²) in [6.45, 7) is 0. The number of halogens is 5. The first-order valence-electron chi connectivity index (χ1n) is 5.04. The van der Waals surface area contributed by atoms with Gasteiger partial charge in [-0.15, -0.1) is 0 Å². The van der Waals surface area contributed by atoms with E-state index in [0.717, 1.165) is 18.2 Å². The molecular weight excluding hydrogens is 286 g/mol. The molecule has 1 aromatic carbocycles. The molecule has 100 valence electrons. The molecule has 0 saturated heterocycles. The van der Waals surface area contributed by atoms with Gasteiger partial charge in [0, 0.05) is 11.8 Å². The largest absolute Gasteiger partial charge is 0.416 e. The summed E-state index contributed by atoms with van der Waals surface area (Å²) in [5, 5.41) is -0.240. The lowest BCUT2D eigenvalue weighted by atomic mass is 10.1. The molecule has 0 unspecified atom stereocenters. The zero-order valence-electron chi connectivity index (χ0n) is 9.18. The number of aromatic amines is 1. The van der Waals surface area contributed by atoms with Crippen LogP contribution in [0.4, 0.5) is 17.6 Å². The van der Waals surface area contributed by atoms with Crippen molar-refractivity contribution in [3.8, 4) is 11.3 Å². The molecule has 19 heavy (non-hydrogen) atoms. The maximum absolute atomic E-state index is 13.0. The predicted molar refractivity (Wildman–Crippen MR) is 62.5 cm³/mol. The van der Waals surface area contributed by atoms with E-state index >= 15 is 0 Å². The summed E-state index contributed by atoms with van der Waals surface area (Å²) in [4.78, 5) is 13.5. The minimum Gasteiger partial charge on any atom is -0.322 e. The van der Waals surface area contributed by atoms with Gasteiger partial charge in [0.1, 0.15) is 5.82 Å². The highest BCUT2D eigenvalue weighted by Gasteiger charge is 2.31. The molecule has 7 heteroatoms. The molecule has 0 amide bonds. The van der Waals surface area contributed by atoms with Crippen LogP contribution < -0.4 is 5.56 Å². The van der Waals surface area contributed by atoms with E-state index in [-0.39, 0.29) is 16.3 Å². The van der Waals surface area contributed by atoms with Crippen LogP contribution in [0.2, 0.25) is 5.02 Å². The van der Waals surface area contributed by atoms with Gasteiger partial charge in [-0.2, -0.15) is 13.2 Å². The molecule has 1 heterocycles. The molecule has 0 atom stereocenters. The quantitative estimate of drug-likeness (QED) is 0.795. The van der Waals surface area contributed by atoms with Crippen LogP contribution >= 0.6 is 11.6 Å². The lowest BCUT2D eigenvalue weighted by Gasteiger charge is -2.09. The molecule has 0 saturated carbocycles. The van der Waals surface area contributed by atoms with Crippen LogP contribution in [-0.2, 0) is 6.18 Å². The Morgan fingerprint density at radius 1 is 1.11 bits per heavy atom. The van der Waals surface area contributed by atoms with E-state index in [4.69, 9.17) is 11.6 Å². The topological polar surface area (TPSA) is 32.9 Å². The first-order chi connectivity index (χ1) is 8.77. The van der Waals surface area contributed by atoms with Gasteiger partial charge in [-0.25, -0.2) is 4.39 Å². The van der Waals surface area contributed by atoms with Crippen LogP contribution in [0.5, 0.6) is 0 Å². The van der Waals surface area contributed by atoms with Crippen molar-refractivity contribution in [2.24, 2.45) is 0 Å². The van der Waals surface area contributed by atoms with Crippen molar-refractivity contribution in [2.45, 2.75) is 6.18 Å². The van der Waals surface area contributed by atoms with Gasteiger partial charge < -0.3 is 4.98 Å². The fraction of sp³-hybridized carbons (Fsp3) is 0.0833. The summed E-state index contributed by atoms with van der Waals surface area (Å²) in [5.74, 6) is -0.695. The van der Waals surface area contributed by atoms with Crippen LogP contribution in [0, 0.1) is 5.82 Å². The second kappa shape index (κ2) is 4.70. The first-order valence-corrected chi connectivity index (χ1v) is 5.42. The van der Waals surface area contributed by atoms with Crippen molar-refractivity contribution in [1.82, 2.24) is 4.98 Å². The molecule has 0 spiro atoms. The van der Waals surface area contributed by atoms with Crippen molar-refractivity contribution in [1.29, 1.82) is 0 Å². The zero-order valence-corrected chi connectivity index (χ0v) is 9.94. The highest BCUT2D eigenvalue weighted by Crippen LogP contribution is 2.31. The van der Waals surface area contributed by atoms with Crippen molar-refractivity contribution >= 4 is 11.6 Å². The summed E-state index contributed by atoms with van der Waals surface area (Å²) in [6, 6.07) is 4.60. The van der Waals surface area contributed by atoms with Crippen LogP contribution in [-0.4, -0.2) is 4.98 Å². The number of H-pyrrole nitrogens is 1. The van der Waals surface area contributed by atoms with E-state index in [1.165, 1.54) is 6.07 Å². The average molecular weight is 292 g/mol. The van der Waals surface area contributed by atoms with E-state index < -0.39 is 23.1 Å². The fourth-order valence-electron chi connectivity index (χ4n) is 1.53. The van der Waals surface area contributed by atoms with E-state index in [2.05, 4.69) is 4.98 Å². The number of benzene rings is 1. The third-order valence-electron chi connectivity index (χ3n) is 2.40. The van der Waals surface area contributed by atoms with Crippen LogP contribution in [0.15, 0.2) is 35.1 Å². The molecule has 0 fully saturated rings. The minimum absolute atomic E-state index is 0.0817. The third kappa shape index (κ3) is 2.96. The molecule has 2 nitrogen and oxygen atoms in total. The lowest BCUT2D eigenvalue weighted by Crippen LogP contribution is -2.13. The summed E-state index contributed by atoms with van der Waals surface area (Å²) >= 11 is 5.54. The Balaban J connectivity index is 2.59. The van der Waals surface area contributed by atoms with Crippen LogP contribution in [0.25, 0.3) is 11.3 Å². The first kappa shape index (κ1) is 13.6. The van der Waals surface area contributed by atoms with E-state index in [0.29, 0.717) is 6.07 Å². The highest BCUT2D eigenvalue weighted by atomic mass is 35.5. The SMILES string of the molecule is O=c1cc(C(F)(F)F)cc(-c2ccc(F)c(Cl)c2)[nH]1. The lowest BCUT2D eigenvalue weighted by molar-refractivity contribution is -0.137. The number of rotatable bonds is 1. The Labute approximate surface area is 109 Å².